The van der Waals surface area contributed by atoms with Crippen LogP contribution >= 0.6 is 23.2 Å². The summed E-state index contributed by atoms with van der Waals surface area (Å²) in [5, 5.41) is 15.8. The maximum Gasteiger partial charge on any atom is 0.488 e. The predicted molar refractivity (Wildman–Crippen MR) is 314 cm³/mol. The fourth-order valence-electron chi connectivity index (χ4n) is 9.97. The summed E-state index contributed by atoms with van der Waals surface area (Å²) >= 11 is 0. The van der Waals surface area contributed by atoms with Gasteiger partial charge in [-0.1, -0.05) is 42.2 Å². The molecule has 0 radical (unpaired) electrons. The average molecular weight is 1260 g/mol. The van der Waals surface area contributed by atoms with Crippen LogP contribution in [0.15, 0.2) is 101 Å². The van der Waals surface area contributed by atoms with Crippen LogP contribution < -0.4 is 20.1 Å². The van der Waals surface area contributed by atoms with Gasteiger partial charge in [-0.2, -0.15) is 4.31 Å². The first-order valence-electron chi connectivity index (χ1n) is 27.1. The lowest BCUT2D eigenvalue weighted by molar-refractivity contribution is -0.142. The van der Waals surface area contributed by atoms with Crippen molar-refractivity contribution in [3.63, 3.8) is 0 Å². The number of allylic oxidation sites excluding steroid dienone is 1. The van der Waals surface area contributed by atoms with Crippen molar-refractivity contribution < 1.29 is 94.5 Å². The molecule has 1 aliphatic carbocycles. The molecule has 0 spiro atoms. The Bertz CT molecular complexity index is 4090. The number of ketones is 4. The Balaban J connectivity index is 0.826. The minimum absolute atomic E-state index is 0.0251. The Morgan fingerprint density at radius 3 is 2.30 bits per heavy atom. The van der Waals surface area contributed by atoms with Gasteiger partial charge in [-0.15, -0.1) is 0 Å². The van der Waals surface area contributed by atoms with Crippen molar-refractivity contribution in [1.82, 2.24) is 24.3 Å². The van der Waals surface area contributed by atoms with Crippen LogP contribution in [0.3, 0.4) is 0 Å². The van der Waals surface area contributed by atoms with Gasteiger partial charge < -0.3 is 53.5 Å². The molecule has 4 unspecified atom stereocenters. The van der Waals surface area contributed by atoms with Crippen LogP contribution in [0, 0.1) is 11.8 Å². The van der Waals surface area contributed by atoms with Gasteiger partial charge in [0.05, 0.1) is 30.0 Å². The lowest BCUT2D eigenvalue weighted by Crippen LogP contribution is -2.40. The third kappa shape index (κ3) is 15.8. The van der Waals surface area contributed by atoms with E-state index in [1.165, 1.54) is 6.07 Å². The maximum absolute atomic E-state index is 13.6. The lowest BCUT2D eigenvalue weighted by Gasteiger charge is -2.28. The summed E-state index contributed by atoms with van der Waals surface area (Å²) in [4.78, 5) is 146. The molecule has 6 N–H and O–H groups in total. The number of aromatic nitrogens is 1. The number of hydrogen-bond acceptors (Lipinski definition) is 16. The Morgan fingerprint density at radius 1 is 0.862 bits per heavy atom. The lowest BCUT2D eigenvalue weighted by atomic mass is 9.89. The Kier molecular flexibility index (Phi) is 20.1. The molecule has 458 valence electrons. The van der Waals surface area contributed by atoms with Crippen molar-refractivity contribution in [2.75, 3.05) is 46.2 Å². The summed E-state index contributed by atoms with van der Waals surface area (Å²) in [6.45, 7) is 2.32. The standard InChI is InChI=1S/C58H61N6O20P3/c1-6-62(53(70)24-20-40(65)13-8-7-12-36-33-64(54(71)29-48(36)67)55-30-49(68)58(82-55)85(74,75)83-87(79,80)84-86(76,77)78)31-37-32-63(46-15-10-9-14-41(37)46)34-52(69)59-25-11-16-47(66)35-17-21-42(45(26-35)57(72)73)56-43-22-18-38(60(2)3)27-50(43)81-51-28-39(61(4)5)19-23-44(51)56/h9-10,14-15,17-19,21-23,26-28,32-33,55,58H,6,8,11,13,16,20,24-25,29-31,34H2,1-5H3,(H5-,59,69,72,73,74,75,76,77,78,79,80)/p+1. The van der Waals surface area contributed by atoms with Crippen LogP contribution in [0.25, 0.3) is 44.3 Å². The highest BCUT2D eigenvalue weighted by molar-refractivity contribution is 7.68. The maximum atomic E-state index is 13.6. The zero-order valence-corrected chi connectivity index (χ0v) is 50.4. The third-order valence-electron chi connectivity index (χ3n) is 14.3. The second-order valence-electron chi connectivity index (χ2n) is 20.9. The summed E-state index contributed by atoms with van der Waals surface area (Å²) < 4.78 is 58.3. The first kappa shape index (κ1) is 64.9. The number of ether oxygens (including phenoxy) is 1. The van der Waals surface area contributed by atoms with Gasteiger partial charge in [0.2, 0.25) is 28.9 Å². The van der Waals surface area contributed by atoms with Gasteiger partial charge in [0.1, 0.15) is 44.0 Å². The topological polar surface area (TPSA) is 359 Å². The summed E-state index contributed by atoms with van der Waals surface area (Å²) in [6.07, 6.45) is -0.603. The number of nitrogens with one attached hydrogen (secondary N) is 1. The van der Waals surface area contributed by atoms with Gasteiger partial charge in [0.15, 0.2) is 17.3 Å². The van der Waals surface area contributed by atoms with Gasteiger partial charge in [-0.3, -0.25) is 43.0 Å². The van der Waals surface area contributed by atoms with Gasteiger partial charge in [0.25, 0.3) is 0 Å². The number of hydrogen-bond donors (Lipinski definition) is 6. The van der Waals surface area contributed by atoms with E-state index in [0.717, 1.165) is 38.6 Å². The molecule has 4 atom stereocenters. The number of phosphoric acid groups is 2. The number of benzene rings is 4. The molecule has 1 fully saturated rings. The number of amides is 3. The van der Waals surface area contributed by atoms with Crippen LogP contribution in [-0.4, -0.2) is 139 Å². The SMILES string of the molecule is CCN(Cc1cn(CC(=O)NCCCC(=O)c2ccc(-c3c4ccc(=[N+](C)C)cc-4oc4cc(N(C)C)ccc34)c(C(=O)O)c2)c2ccccc12)C(=O)CCC(=O)CCC#CC1=CN(C2CC(=O)C(P(=O)(O)OP(=O)(O)OP(=O)(O)O)O2)C(=O)CC1=O. The predicted octanol–water partition coefficient (Wildman–Crippen LogP) is 5.95. The van der Waals surface area contributed by atoms with E-state index in [1.807, 2.05) is 98.3 Å². The summed E-state index contributed by atoms with van der Waals surface area (Å²) in [5.41, 5.74) is 4.62. The molecule has 4 heterocycles. The van der Waals surface area contributed by atoms with E-state index in [-0.39, 0.29) is 98.2 Å². The molecule has 1 aromatic heterocycles. The van der Waals surface area contributed by atoms with Crippen molar-refractivity contribution >= 4 is 97.6 Å². The second-order valence-corrected chi connectivity index (χ2v) is 25.7. The number of Topliss-reactive ketones (excluding diaryl/α,β-unsaturated/α-hetero) is 4. The van der Waals surface area contributed by atoms with E-state index in [9.17, 15) is 66.9 Å². The Labute approximate surface area is 497 Å². The van der Waals surface area contributed by atoms with E-state index in [4.69, 9.17) is 18.9 Å². The van der Waals surface area contributed by atoms with E-state index in [2.05, 4.69) is 25.8 Å². The molecule has 3 amide bonds. The Hall–Kier alpha value is -8.04. The highest BCUT2D eigenvalue weighted by atomic mass is 31.3. The molecule has 3 aromatic carbocycles. The number of carboxylic acids is 1. The molecule has 87 heavy (non-hydrogen) atoms. The first-order chi connectivity index (χ1) is 41.0. The normalized spacial score (nSPS) is 16.7. The molecule has 29 heteroatoms. The average Bonchev–Trinajstić information content (AvgIpc) is 1.48. The smallest absolute Gasteiger partial charge is 0.478 e. The first-order valence-corrected chi connectivity index (χ1v) is 31.8. The molecule has 1 saturated heterocycles. The zero-order valence-electron chi connectivity index (χ0n) is 47.7. The van der Waals surface area contributed by atoms with Crippen LogP contribution in [-0.2, 0) is 68.9 Å². The molecule has 4 aromatic rings. The molecular weight excluding hydrogens is 1190 g/mol. The van der Waals surface area contributed by atoms with Gasteiger partial charge in [0, 0.05) is 129 Å². The molecule has 26 nitrogen and oxygen atoms in total. The highest BCUT2D eigenvalue weighted by Gasteiger charge is 2.53. The third-order valence-corrected chi connectivity index (χ3v) is 18.7. The number of fused-ring (bicyclic) bond motifs is 3. The fourth-order valence-corrected chi connectivity index (χ4v) is 13.7. The van der Waals surface area contributed by atoms with Crippen LogP contribution in [0.4, 0.5) is 5.69 Å². The minimum atomic E-state index is -5.92. The molecule has 0 saturated carbocycles. The monoisotopic (exact) mass is 1260 g/mol. The highest BCUT2D eigenvalue weighted by Crippen LogP contribution is 2.68. The number of carbonyl (C=O) groups is 8. The van der Waals surface area contributed by atoms with E-state index in [1.54, 1.807) is 34.7 Å². The Morgan fingerprint density at radius 2 is 1.60 bits per heavy atom. The largest absolute Gasteiger partial charge is 0.488 e. The summed E-state index contributed by atoms with van der Waals surface area (Å²) in [6, 6.07) is 23.5. The number of para-hydroxylation sites is 1. The molecule has 0 bridgehead atoms. The van der Waals surface area contributed by atoms with Crippen molar-refractivity contribution in [2.24, 2.45) is 0 Å². The van der Waals surface area contributed by atoms with Crippen molar-refractivity contribution in [3.05, 3.63) is 119 Å². The number of aromatic carboxylic acids is 1. The summed E-state index contributed by atoms with van der Waals surface area (Å²) in [7, 11) is -9.62. The van der Waals surface area contributed by atoms with E-state index >= 15 is 0 Å². The second kappa shape index (κ2) is 26.9. The van der Waals surface area contributed by atoms with Crippen LogP contribution in [0.5, 0.6) is 0 Å². The summed E-state index contributed by atoms with van der Waals surface area (Å²) in [5.74, 6) is -2.04. The van der Waals surface area contributed by atoms with E-state index < -0.39 is 71.6 Å². The van der Waals surface area contributed by atoms with Crippen molar-refractivity contribution in [3.8, 4) is 34.3 Å². The van der Waals surface area contributed by atoms with E-state index in [0.29, 0.717) is 40.0 Å². The zero-order chi connectivity index (χ0) is 63.3. The molecular formula is C58H62N6O20P3+. The van der Waals surface area contributed by atoms with Gasteiger partial charge in [-0.25, -0.2) is 22.8 Å². The van der Waals surface area contributed by atoms with Gasteiger partial charge >= 0.3 is 29.2 Å². The number of carbonyl (C=O) groups excluding carboxylic acids is 7. The number of carboxylic acid groups (broad SMARTS) is 1. The number of nitrogens with zero attached hydrogens (tertiary/aromatic N) is 5. The van der Waals surface area contributed by atoms with Crippen molar-refractivity contribution in [2.45, 2.75) is 83.5 Å². The van der Waals surface area contributed by atoms with Gasteiger partial charge in [-0.05, 0) is 54.8 Å². The number of rotatable bonds is 24. The quantitative estimate of drug-likeness (QED) is 0.00774. The molecule has 8 rings (SSSR count). The minimum Gasteiger partial charge on any atom is -0.478 e. The number of anilines is 1. The van der Waals surface area contributed by atoms with Crippen LogP contribution in [0.1, 0.15) is 84.6 Å². The van der Waals surface area contributed by atoms with Crippen LogP contribution in [0.2, 0.25) is 0 Å². The molecule has 4 aliphatic rings. The van der Waals surface area contributed by atoms with Crippen molar-refractivity contribution in [1.29, 1.82) is 0 Å². The molecule has 3 aliphatic heterocycles. The fraction of sp³-hybridized carbons (Fsp3) is 0.328.